The van der Waals surface area contributed by atoms with E-state index in [1.54, 1.807) is 28.9 Å². The van der Waals surface area contributed by atoms with Crippen LogP contribution in [0.5, 0.6) is 0 Å². The van der Waals surface area contributed by atoms with Crippen molar-refractivity contribution in [1.82, 2.24) is 14.7 Å². The lowest BCUT2D eigenvalue weighted by molar-refractivity contribution is -0.159. The van der Waals surface area contributed by atoms with Crippen LogP contribution in [0, 0.1) is 11.8 Å². The van der Waals surface area contributed by atoms with Gasteiger partial charge in [0.05, 0.1) is 30.1 Å². The van der Waals surface area contributed by atoms with E-state index in [4.69, 9.17) is 4.74 Å². The van der Waals surface area contributed by atoms with Crippen LogP contribution in [0.4, 0.5) is 0 Å². The number of ether oxygens (including phenoxy) is 1. The van der Waals surface area contributed by atoms with Crippen molar-refractivity contribution in [2.75, 3.05) is 26.2 Å². The maximum absolute atomic E-state index is 14.6. The van der Waals surface area contributed by atoms with E-state index in [0.717, 1.165) is 32.1 Å². The molecule has 0 radical (unpaired) electrons. The number of hydrogen-bond acceptors (Lipinski definition) is 5. The van der Waals surface area contributed by atoms with Gasteiger partial charge in [0.2, 0.25) is 17.7 Å². The molecule has 3 aliphatic heterocycles. The fraction of sp³-hybridized carbons (Fsp3) is 0.767. The number of hydrogen-bond donors (Lipinski definition) is 1. The van der Waals surface area contributed by atoms with Gasteiger partial charge in [0.25, 0.3) is 0 Å². The number of nitrogens with zero attached hydrogens (tertiary/aromatic N) is 3. The predicted octanol–water partition coefficient (Wildman–Crippen LogP) is 3.29. The molecule has 1 aliphatic carbocycles. The van der Waals surface area contributed by atoms with Gasteiger partial charge < -0.3 is 24.5 Å². The third kappa shape index (κ3) is 4.41. The smallest absolute Gasteiger partial charge is 0.248 e. The predicted molar refractivity (Wildman–Crippen MR) is 146 cm³/mol. The summed E-state index contributed by atoms with van der Waals surface area (Å²) in [6.07, 6.45) is 11.2. The van der Waals surface area contributed by atoms with Crippen molar-refractivity contribution >= 4 is 17.7 Å². The lowest BCUT2D eigenvalue weighted by Gasteiger charge is -2.42. The van der Waals surface area contributed by atoms with Gasteiger partial charge in [0.1, 0.15) is 11.6 Å². The molecule has 4 aliphatic rings. The molecule has 0 aromatic rings. The summed E-state index contributed by atoms with van der Waals surface area (Å²) < 4.78 is 6.91. The summed E-state index contributed by atoms with van der Waals surface area (Å²) in [5.74, 6) is -1.87. The van der Waals surface area contributed by atoms with Crippen molar-refractivity contribution < 1.29 is 24.2 Å². The topological polar surface area (TPSA) is 90.4 Å². The number of carbonyl (C=O) groups is 3. The van der Waals surface area contributed by atoms with Crippen LogP contribution in [0.2, 0.25) is 0 Å². The fourth-order valence-electron chi connectivity index (χ4n) is 7.89. The van der Waals surface area contributed by atoms with E-state index >= 15 is 0 Å². The van der Waals surface area contributed by atoms with Crippen molar-refractivity contribution in [1.29, 1.82) is 0 Å². The first-order chi connectivity index (χ1) is 18.3. The molecule has 4 rings (SSSR count). The Morgan fingerprint density at radius 3 is 2.39 bits per heavy atom. The molecule has 212 valence electrons. The van der Waals surface area contributed by atoms with Crippen LogP contribution in [0.1, 0.15) is 78.6 Å². The Morgan fingerprint density at radius 2 is 1.82 bits per heavy atom. The molecule has 0 aromatic heterocycles. The highest BCUT2D eigenvalue weighted by Gasteiger charge is 2.79. The molecule has 3 saturated heterocycles. The largest absolute Gasteiger partial charge is 0.394 e. The van der Waals surface area contributed by atoms with Crippen LogP contribution < -0.4 is 0 Å². The third-order valence-corrected chi connectivity index (χ3v) is 9.64. The summed E-state index contributed by atoms with van der Waals surface area (Å²) in [7, 11) is 0. The highest BCUT2D eigenvalue weighted by molar-refractivity contribution is 5.99. The number of aliphatic hydroxyl groups excluding tert-OH is 1. The zero-order valence-electron chi connectivity index (χ0n) is 23.6. The fourth-order valence-corrected chi connectivity index (χ4v) is 7.89. The highest BCUT2D eigenvalue weighted by atomic mass is 16.5. The molecule has 6 atom stereocenters. The summed E-state index contributed by atoms with van der Waals surface area (Å²) >= 11 is 0. The van der Waals surface area contributed by atoms with Crippen LogP contribution in [-0.4, -0.2) is 93.1 Å². The number of rotatable bonds is 12. The van der Waals surface area contributed by atoms with Crippen LogP contribution in [0.25, 0.3) is 0 Å². The van der Waals surface area contributed by atoms with E-state index in [1.165, 1.54) is 6.42 Å². The monoisotopic (exact) mass is 529 g/mol. The quantitative estimate of drug-likeness (QED) is 0.392. The average Bonchev–Trinajstić information content (AvgIpc) is 3.54. The molecule has 3 heterocycles. The molecule has 2 bridgehead atoms. The second-order valence-electron chi connectivity index (χ2n) is 11.8. The number of fused-ring (bicyclic) bond motifs is 1. The van der Waals surface area contributed by atoms with Gasteiger partial charge in [-0.25, -0.2) is 0 Å². The molecule has 8 heteroatoms. The zero-order valence-corrected chi connectivity index (χ0v) is 23.6. The normalized spacial score (nSPS) is 33.2. The summed E-state index contributed by atoms with van der Waals surface area (Å²) in [5, 5.41) is 10.2. The van der Waals surface area contributed by atoms with Crippen LogP contribution >= 0.6 is 0 Å². The number of carbonyl (C=O) groups excluding carboxylic acids is 3. The summed E-state index contributed by atoms with van der Waals surface area (Å²) in [5.41, 5.74) is -1.85. The molecule has 1 spiro atoms. The molecule has 0 aromatic carbocycles. The standard InChI is InChI=1S/C30H47N3O5/c1-6-17-31(18-7-2)26(35)23-24-27(36)33(21(5)20-34)25(30(24)16-15-29(23,9-4)38-30)28(37)32(19-8-3)22-13-11-10-12-14-22/h6,8,21-25,34H,1,3,7,9-20H2,2,4-5H3/t21-,23-,24+,25?,29+,30?/m1/s1. The Morgan fingerprint density at radius 1 is 1.13 bits per heavy atom. The molecular formula is C30H47N3O5. The van der Waals surface area contributed by atoms with Gasteiger partial charge in [-0.15, -0.1) is 13.2 Å². The van der Waals surface area contributed by atoms with Gasteiger partial charge in [0.15, 0.2) is 0 Å². The molecule has 3 amide bonds. The van der Waals surface area contributed by atoms with E-state index in [2.05, 4.69) is 13.2 Å². The third-order valence-electron chi connectivity index (χ3n) is 9.64. The molecule has 38 heavy (non-hydrogen) atoms. The molecule has 1 N–H and O–H groups in total. The lowest BCUT2D eigenvalue weighted by atomic mass is 9.64. The maximum Gasteiger partial charge on any atom is 0.248 e. The first kappa shape index (κ1) is 28.8. The van der Waals surface area contributed by atoms with Crippen LogP contribution in [0.15, 0.2) is 25.3 Å². The first-order valence-corrected chi connectivity index (χ1v) is 14.7. The van der Waals surface area contributed by atoms with E-state index in [-0.39, 0.29) is 30.4 Å². The van der Waals surface area contributed by atoms with Gasteiger partial charge >= 0.3 is 0 Å². The van der Waals surface area contributed by atoms with E-state index in [9.17, 15) is 19.5 Å². The first-order valence-electron chi connectivity index (χ1n) is 14.7. The Labute approximate surface area is 228 Å². The van der Waals surface area contributed by atoms with E-state index < -0.39 is 35.1 Å². The Balaban J connectivity index is 1.80. The Kier molecular flexibility index (Phi) is 8.72. The van der Waals surface area contributed by atoms with Gasteiger partial charge in [-0.2, -0.15) is 0 Å². The van der Waals surface area contributed by atoms with Gasteiger partial charge in [-0.05, 0) is 45.4 Å². The minimum atomic E-state index is -1.08. The van der Waals surface area contributed by atoms with Crippen LogP contribution in [-0.2, 0) is 19.1 Å². The lowest BCUT2D eigenvalue weighted by Crippen LogP contribution is -2.60. The van der Waals surface area contributed by atoms with E-state index in [1.807, 2.05) is 18.7 Å². The number of aliphatic hydroxyl groups is 1. The average molecular weight is 530 g/mol. The zero-order chi connectivity index (χ0) is 27.7. The van der Waals surface area contributed by atoms with Gasteiger partial charge in [-0.1, -0.05) is 45.3 Å². The summed E-state index contributed by atoms with van der Waals surface area (Å²) in [4.78, 5) is 48.2. The maximum atomic E-state index is 14.6. The number of likely N-dealkylation sites (tertiary alicyclic amines) is 1. The SMILES string of the molecule is C=CCN(CCC)C(=O)[C@H]1[C@H]2C(=O)N([C@H](C)CO)C(C(=O)N(CC=C)C3CCCCC3)C23CC[C@]1(CC)O3. The van der Waals surface area contributed by atoms with Crippen molar-refractivity contribution in [2.45, 2.75) is 108 Å². The molecule has 2 unspecified atom stereocenters. The summed E-state index contributed by atoms with van der Waals surface area (Å²) in [6, 6.07) is -1.34. The molecular weight excluding hydrogens is 482 g/mol. The Bertz CT molecular complexity index is 933. The van der Waals surface area contributed by atoms with Gasteiger partial charge in [0, 0.05) is 25.7 Å². The highest BCUT2D eigenvalue weighted by Crippen LogP contribution is 2.65. The minimum Gasteiger partial charge on any atom is -0.394 e. The second-order valence-corrected chi connectivity index (χ2v) is 11.8. The van der Waals surface area contributed by atoms with Crippen molar-refractivity contribution in [3.8, 4) is 0 Å². The number of amides is 3. The van der Waals surface area contributed by atoms with Crippen LogP contribution in [0.3, 0.4) is 0 Å². The van der Waals surface area contributed by atoms with Crippen molar-refractivity contribution in [3.63, 3.8) is 0 Å². The van der Waals surface area contributed by atoms with Crippen molar-refractivity contribution in [3.05, 3.63) is 25.3 Å². The minimum absolute atomic E-state index is 0.0894. The van der Waals surface area contributed by atoms with Crippen molar-refractivity contribution in [2.24, 2.45) is 11.8 Å². The Hall–Kier alpha value is -2.19. The molecule has 1 saturated carbocycles. The van der Waals surface area contributed by atoms with E-state index in [0.29, 0.717) is 38.9 Å². The molecule has 4 fully saturated rings. The molecule has 8 nitrogen and oxygen atoms in total. The second kappa shape index (κ2) is 11.5. The summed E-state index contributed by atoms with van der Waals surface area (Å²) in [6.45, 7) is 14.7. The van der Waals surface area contributed by atoms with Gasteiger partial charge in [-0.3, -0.25) is 14.4 Å².